The fraction of sp³-hybridized carbons (Fsp3) is 0.652. The van der Waals surface area contributed by atoms with Crippen molar-refractivity contribution in [3.63, 3.8) is 0 Å². The second kappa shape index (κ2) is 10.7. The molecule has 6 heteroatoms. The first-order chi connectivity index (χ1) is 14.0. The van der Waals surface area contributed by atoms with Gasteiger partial charge in [-0.25, -0.2) is 0 Å². The first kappa shape index (κ1) is 21.8. The van der Waals surface area contributed by atoms with E-state index in [2.05, 4.69) is 34.1 Å². The Kier molecular flexibility index (Phi) is 8.07. The highest BCUT2D eigenvalue weighted by Crippen LogP contribution is 2.21. The number of benzene rings is 1. The van der Waals surface area contributed by atoms with Crippen molar-refractivity contribution in [1.82, 2.24) is 20.0 Å². The van der Waals surface area contributed by atoms with Crippen LogP contribution in [0, 0.1) is 0 Å². The molecule has 160 valence electrons. The minimum atomic E-state index is -0.0405. The van der Waals surface area contributed by atoms with Gasteiger partial charge in [0.1, 0.15) is 0 Å². The number of amides is 2. The standard InChI is InChI=1S/C23H36N4O2/c1-25-16-12-20(13-17-25)26(2)18-22(28)27-15-7-6-10-21(27)11-14-24-23(29)19-8-4-3-5-9-19/h3-5,8-9,20-21H,6-7,10-18H2,1-2H3,(H,24,29)/t21-/m0/s1. The molecule has 3 rings (SSSR count). The van der Waals surface area contributed by atoms with Crippen molar-refractivity contribution in [2.75, 3.05) is 46.8 Å². The van der Waals surface area contributed by atoms with Gasteiger partial charge in [0.15, 0.2) is 0 Å². The SMILES string of the molecule is CN1CCC(N(C)CC(=O)N2CCCC[C@H]2CCNC(=O)c2ccccc2)CC1. The zero-order valence-electron chi connectivity index (χ0n) is 18.0. The highest BCUT2D eigenvalue weighted by molar-refractivity contribution is 5.94. The lowest BCUT2D eigenvalue weighted by Gasteiger charge is -2.39. The number of nitrogens with one attached hydrogen (secondary N) is 1. The predicted octanol–water partition coefficient (Wildman–Crippen LogP) is 2.21. The maximum Gasteiger partial charge on any atom is 0.251 e. The summed E-state index contributed by atoms with van der Waals surface area (Å²) in [6.45, 7) is 4.17. The minimum absolute atomic E-state index is 0.0405. The third-order valence-corrected chi connectivity index (χ3v) is 6.44. The number of likely N-dealkylation sites (tertiary alicyclic amines) is 2. The van der Waals surface area contributed by atoms with Gasteiger partial charge in [-0.15, -0.1) is 0 Å². The Labute approximate surface area is 175 Å². The average molecular weight is 401 g/mol. The van der Waals surface area contributed by atoms with E-state index >= 15 is 0 Å². The largest absolute Gasteiger partial charge is 0.352 e. The average Bonchev–Trinajstić information content (AvgIpc) is 2.75. The number of carbonyl (C=O) groups excluding carboxylic acids is 2. The van der Waals surface area contributed by atoms with E-state index in [9.17, 15) is 9.59 Å². The summed E-state index contributed by atoms with van der Waals surface area (Å²) in [5.41, 5.74) is 0.684. The van der Waals surface area contributed by atoms with Crippen molar-refractivity contribution in [3.8, 4) is 0 Å². The predicted molar refractivity (Wildman–Crippen MR) is 116 cm³/mol. The molecule has 1 aromatic carbocycles. The number of likely N-dealkylation sites (N-methyl/N-ethyl adjacent to an activating group) is 1. The van der Waals surface area contributed by atoms with Crippen LogP contribution in [0.2, 0.25) is 0 Å². The van der Waals surface area contributed by atoms with Crippen molar-refractivity contribution >= 4 is 11.8 Å². The van der Waals surface area contributed by atoms with Crippen molar-refractivity contribution in [3.05, 3.63) is 35.9 Å². The zero-order chi connectivity index (χ0) is 20.6. The Morgan fingerprint density at radius 3 is 2.52 bits per heavy atom. The smallest absolute Gasteiger partial charge is 0.251 e. The van der Waals surface area contributed by atoms with Crippen LogP contribution >= 0.6 is 0 Å². The molecule has 29 heavy (non-hydrogen) atoms. The van der Waals surface area contributed by atoms with E-state index in [1.165, 1.54) is 0 Å². The van der Waals surface area contributed by atoms with Crippen LogP contribution in [0.4, 0.5) is 0 Å². The third-order valence-electron chi connectivity index (χ3n) is 6.44. The lowest BCUT2D eigenvalue weighted by molar-refractivity contribution is -0.136. The van der Waals surface area contributed by atoms with Gasteiger partial charge in [-0.05, 0) is 77.8 Å². The molecule has 1 aromatic rings. The van der Waals surface area contributed by atoms with E-state index in [-0.39, 0.29) is 17.9 Å². The van der Waals surface area contributed by atoms with Gasteiger partial charge in [0.2, 0.25) is 5.91 Å². The summed E-state index contributed by atoms with van der Waals surface area (Å²) in [7, 11) is 4.25. The van der Waals surface area contributed by atoms with Crippen molar-refractivity contribution in [2.45, 2.75) is 50.6 Å². The van der Waals surface area contributed by atoms with Crippen molar-refractivity contribution < 1.29 is 9.59 Å². The maximum atomic E-state index is 13.0. The van der Waals surface area contributed by atoms with Gasteiger partial charge < -0.3 is 15.1 Å². The maximum absolute atomic E-state index is 13.0. The molecule has 1 N–H and O–H groups in total. The van der Waals surface area contributed by atoms with E-state index in [0.717, 1.165) is 58.2 Å². The van der Waals surface area contributed by atoms with Gasteiger partial charge in [-0.1, -0.05) is 18.2 Å². The number of rotatable bonds is 7. The first-order valence-electron chi connectivity index (χ1n) is 11.1. The Balaban J connectivity index is 1.47. The number of carbonyl (C=O) groups is 2. The fourth-order valence-corrected chi connectivity index (χ4v) is 4.54. The number of hydrogen-bond donors (Lipinski definition) is 1. The lowest BCUT2D eigenvalue weighted by atomic mass is 9.98. The van der Waals surface area contributed by atoms with E-state index in [1.54, 1.807) is 0 Å². The monoisotopic (exact) mass is 400 g/mol. The van der Waals surface area contributed by atoms with Crippen LogP contribution in [-0.2, 0) is 4.79 Å². The molecule has 0 aliphatic carbocycles. The summed E-state index contributed by atoms with van der Waals surface area (Å²) in [5, 5.41) is 3.01. The van der Waals surface area contributed by atoms with Gasteiger partial charge in [-0.3, -0.25) is 14.5 Å². The summed E-state index contributed by atoms with van der Waals surface area (Å²) in [6.07, 6.45) is 6.36. The second-order valence-electron chi connectivity index (χ2n) is 8.60. The Bertz CT molecular complexity index is 658. The zero-order valence-corrected chi connectivity index (χ0v) is 18.0. The molecule has 6 nitrogen and oxygen atoms in total. The molecule has 0 unspecified atom stereocenters. The molecule has 2 heterocycles. The van der Waals surface area contributed by atoms with Crippen LogP contribution in [-0.4, -0.2) is 85.4 Å². The highest BCUT2D eigenvalue weighted by Gasteiger charge is 2.29. The van der Waals surface area contributed by atoms with Crippen LogP contribution in [0.1, 0.15) is 48.9 Å². The molecule has 1 atom stereocenters. The Morgan fingerprint density at radius 2 is 1.79 bits per heavy atom. The molecule has 0 spiro atoms. The molecule has 0 aromatic heterocycles. The summed E-state index contributed by atoms with van der Waals surface area (Å²) in [5.74, 6) is 0.201. The highest BCUT2D eigenvalue weighted by atomic mass is 16.2. The van der Waals surface area contributed by atoms with E-state index < -0.39 is 0 Å². The summed E-state index contributed by atoms with van der Waals surface area (Å²) >= 11 is 0. The van der Waals surface area contributed by atoms with Crippen LogP contribution in [0.3, 0.4) is 0 Å². The van der Waals surface area contributed by atoms with Gasteiger partial charge >= 0.3 is 0 Å². The first-order valence-corrected chi connectivity index (χ1v) is 11.1. The lowest BCUT2D eigenvalue weighted by Crippen LogP contribution is -2.51. The second-order valence-corrected chi connectivity index (χ2v) is 8.60. The third kappa shape index (κ3) is 6.28. The fourth-order valence-electron chi connectivity index (χ4n) is 4.54. The Morgan fingerprint density at radius 1 is 1.07 bits per heavy atom. The molecule has 2 aliphatic heterocycles. The molecule has 2 fully saturated rings. The topological polar surface area (TPSA) is 55.9 Å². The Hall–Kier alpha value is -1.92. The molecule has 0 saturated carbocycles. The summed E-state index contributed by atoms with van der Waals surface area (Å²) in [4.78, 5) is 32.0. The van der Waals surface area contributed by atoms with Gasteiger partial charge in [0.25, 0.3) is 5.91 Å². The van der Waals surface area contributed by atoms with Gasteiger partial charge in [-0.2, -0.15) is 0 Å². The number of piperidine rings is 2. The van der Waals surface area contributed by atoms with E-state index in [0.29, 0.717) is 24.7 Å². The van der Waals surface area contributed by atoms with Crippen LogP contribution in [0.25, 0.3) is 0 Å². The van der Waals surface area contributed by atoms with Crippen molar-refractivity contribution in [2.24, 2.45) is 0 Å². The summed E-state index contributed by atoms with van der Waals surface area (Å²) < 4.78 is 0. The molecule has 2 aliphatic rings. The number of nitrogens with zero attached hydrogens (tertiary/aromatic N) is 3. The van der Waals surface area contributed by atoms with Crippen LogP contribution in [0.15, 0.2) is 30.3 Å². The normalized spacial score (nSPS) is 21.3. The quantitative estimate of drug-likeness (QED) is 0.763. The van der Waals surface area contributed by atoms with Gasteiger partial charge in [0.05, 0.1) is 6.54 Å². The molecule has 2 amide bonds. The molecular formula is C23H36N4O2. The van der Waals surface area contributed by atoms with Crippen LogP contribution in [0.5, 0.6) is 0 Å². The minimum Gasteiger partial charge on any atom is -0.352 e. The van der Waals surface area contributed by atoms with Crippen LogP contribution < -0.4 is 5.32 Å². The molecule has 2 saturated heterocycles. The molecule has 0 radical (unpaired) electrons. The van der Waals surface area contributed by atoms with Gasteiger partial charge in [0, 0.05) is 30.7 Å². The van der Waals surface area contributed by atoms with E-state index in [4.69, 9.17) is 0 Å². The summed E-state index contributed by atoms with van der Waals surface area (Å²) in [6, 6.07) is 10.0. The molecule has 0 bridgehead atoms. The molecular weight excluding hydrogens is 364 g/mol. The number of hydrogen-bond acceptors (Lipinski definition) is 4. The van der Waals surface area contributed by atoms with Crippen molar-refractivity contribution in [1.29, 1.82) is 0 Å². The van der Waals surface area contributed by atoms with E-state index in [1.807, 2.05) is 30.3 Å².